The summed E-state index contributed by atoms with van der Waals surface area (Å²) in [6.07, 6.45) is 9.63. The lowest BCUT2D eigenvalue weighted by molar-refractivity contribution is 0.233. The predicted octanol–water partition coefficient (Wildman–Crippen LogP) is 4.17. The van der Waals surface area contributed by atoms with Gasteiger partial charge in [0, 0.05) is 7.11 Å². The zero-order valence-electron chi connectivity index (χ0n) is 12.0. The fraction of sp³-hybridized carbons (Fsp3) is 0.529. The number of methoxy groups -OCH3 is 2. The Morgan fingerprint density at radius 3 is 2.32 bits per heavy atom. The Kier molecular flexibility index (Phi) is 5.46. The summed E-state index contributed by atoms with van der Waals surface area (Å²) >= 11 is 0. The molecule has 0 saturated heterocycles. The summed E-state index contributed by atoms with van der Waals surface area (Å²) in [6, 6.07) is 8.56. The van der Waals surface area contributed by atoms with Gasteiger partial charge >= 0.3 is 0 Å². The van der Waals surface area contributed by atoms with E-state index in [1.54, 1.807) is 14.2 Å². The Hall–Kier alpha value is -1.28. The first-order valence-corrected chi connectivity index (χ1v) is 7.13. The molecule has 1 aliphatic carbocycles. The molecule has 0 unspecified atom stereocenters. The topological polar surface area (TPSA) is 18.5 Å². The predicted molar refractivity (Wildman–Crippen MR) is 78.7 cm³/mol. The van der Waals surface area contributed by atoms with Crippen LogP contribution in [0.1, 0.15) is 37.2 Å². The van der Waals surface area contributed by atoms with Crippen molar-refractivity contribution in [3.05, 3.63) is 42.0 Å². The molecule has 0 bridgehead atoms. The molecule has 0 aliphatic heterocycles. The number of rotatable bonds is 5. The molecule has 0 heterocycles. The van der Waals surface area contributed by atoms with Crippen LogP contribution in [0.3, 0.4) is 0 Å². The summed E-state index contributed by atoms with van der Waals surface area (Å²) in [5, 5.41) is 0. The van der Waals surface area contributed by atoms with Gasteiger partial charge in [-0.1, -0.05) is 24.3 Å². The number of benzene rings is 1. The molecule has 0 N–H and O–H groups in total. The lowest BCUT2D eigenvalue weighted by atomic mass is 9.78. The van der Waals surface area contributed by atoms with Crippen LogP contribution in [0.2, 0.25) is 0 Å². The molecular weight excluding hydrogens is 236 g/mol. The van der Waals surface area contributed by atoms with Gasteiger partial charge in [0.15, 0.2) is 0 Å². The smallest absolute Gasteiger partial charge is 0.118 e. The first-order chi connectivity index (χ1) is 9.33. The minimum Gasteiger partial charge on any atom is -0.497 e. The van der Waals surface area contributed by atoms with Crippen LogP contribution < -0.4 is 4.74 Å². The minimum atomic E-state index is 0.720. The van der Waals surface area contributed by atoms with Gasteiger partial charge < -0.3 is 9.47 Å². The molecule has 2 nitrogen and oxygen atoms in total. The number of ether oxygens (including phenoxy) is 2. The van der Waals surface area contributed by atoms with Gasteiger partial charge in [-0.15, -0.1) is 0 Å². The Morgan fingerprint density at radius 2 is 1.74 bits per heavy atom. The van der Waals surface area contributed by atoms with E-state index < -0.39 is 0 Å². The average Bonchev–Trinajstić information content (AvgIpc) is 2.48. The number of hydrogen-bond donors (Lipinski definition) is 0. The van der Waals surface area contributed by atoms with Crippen LogP contribution in [0.25, 0.3) is 0 Å². The molecule has 19 heavy (non-hydrogen) atoms. The van der Waals surface area contributed by atoms with Gasteiger partial charge in [0.25, 0.3) is 0 Å². The van der Waals surface area contributed by atoms with E-state index in [2.05, 4.69) is 36.4 Å². The lowest BCUT2D eigenvalue weighted by Gasteiger charge is -2.27. The van der Waals surface area contributed by atoms with E-state index in [1.807, 2.05) is 0 Å². The fourth-order valence-corrected chi connectivity index (χ4v) is 2.87. The van der Waals surface area contributed by atoms with E-state index in [9.17, 15) is 0 Å². The van der Waals surface area contributed by atoms with Crippen LogP contribution in [-0.2, 0) is 4.74 Å². The Bertz CT molecular complexity index is 386. The SMILES string of the molecule is COC/C=C/C1CCC(c2ccc(OC)cc2)CC1. The quantitative estimate of drug-likeness (QED) is 0.740. The molecule has 1 fully saturated rings. The summed E-state index contributed by atoms with van der Waals surface area (Å²) in [7, 11) is 3.46. The second kappa shape index (κ2) is 7.34. The van der Waals surface area contributed by atoms with E-state index in [0.717, 1.165) is 24.2 Å². The molecule has 0 spiro atoms. The summed E-state index contributed by atoms with van der Waals surface area (Å²) in [4.78, 5) is 0. The summed E-state index contributed by atoms with van der Waals surface area (Å²) in [5.41, 5.74) is 1.46. The largest absolute Gasteiger partial charge is 0.497 e. The van der Waals surface area contributed by atoms with Crippen molar-refractivity contribution < 1.29 is 9.47 Å². The molecule has 0 aromatic heterocycles. The highest BCUT2D eigenvalue weighted by atomic mass is 16.5. The van der Waals surface area contributed by atoms with Gasteiger partial charge in [-0.25, -0.2) is 0 Å². The molecule has 104 valence electrons. The summed E-state index contributed by atoms with van der Waals surface area (Å²) in [6.45, 7) is 0.735. The highest BCUT2D eigenvalue weighted by molar-refractivity contribution is 5.29. The van der Waals surface area contributed by atoms with Crippen molar-refractivity contribution in [3.63, 3.8) is 0 Å². The second-order valence-corrected chi connectivity index (χ2v) is 5.27. The molecule has 2 heteroatoms. The number of allylic oxidation sites excluding steroid dienone is 1. The van der Waals surface area contributed by atoms with E-state index in [0.29, 0.717) is 0 Å². The standard InChI is InChI=1S/C17H24O2/c1-18-13-3-4-14-5-7-15(8-6-14)16-9-11-17(19-2)12-10-16/h3-4,9-12,14-15H,5-8,13H2,1-2H3/b4-3+. The Morgan fingerprint density at radius 1 is 1.05 bits per heavy atom. The van der Waals surface area contributed by atoms with Crippen molar-refractivity contribution in [3.8, 4) is 5.75 Å². The monoisotopic (exact) mass is 260 g/mol. The van der Waals surface area contributed by atoms with Gasteiger partial charge in [-0.2, -0.15) is 0 Å². The third kappa shape index (κ3) is 4.10. The Balaban J connectivity index is 1.85. The van der Waals surface area contributed by atoms with Gasteiger partial charge in [0.1, 0.15) is 5.75 Å². The molecule has 0 atom stereocenters. The van der Waals surface area contributed by atoms with E-state index >= 15 is 0 Å². The van der Waals surface area contributed by atoms with Crippen LogP contribution in [0.5, 0.6) is 5.75 Å². The third-order valence-corrected chi connectivity index (χ3v) is 4.03. The normalized spacial score (nSPS) is 23.7. The van der Waals surface area contributed by atoms with Gasteiger partial charge in [-0.05, 0) is 55.2 Å². The highest BCUT2D eigenvalue weighted by Crippen LogP contribution is 2.36. The molecule has 0 amide bonds. The zero-order chi connectivity index (χ0) is 13.5. The van der Waals surface area contributed by atoms with Crippen molar-refractivity contribution in [1.29, 1.82) is 0 Å². The van der Waals surface area contributed by atoms with E-state index in [4.69, 9.17) is 9.47 Å². The maximum atomic E-state index is 5.21. The first-order valence-electron chi connectivity index (χ1n) is 7.13. The molecule has 2 rings (SSSR count). The van der Waals surface area contributed by atoms with Crippen LogP contribution in [0.4, 0.5) is 0 Å². The molecular formula is C17H24O2. The van der Waals surface area contributed by atoms with Crippen LogP contribution >= 0.6 is 0 Å². The zero-order valence-corrected chi connectivity index (χ0v) is 12.0. The summed E-state index contributed by atoms with van der Waals surface area (Å²) < 4.78 is 10.3. The maximum Gasteiger partial charge on any atom is 0.118 e. The summed E-state index contributed by atoms with van der Waals surface area (Å²) in [5.74, 6) is 2.41. The highest BCUT2D eigenvalue weighted by Gasteiger charge is 2.20. The fourth-order valence-electron chi connectivity index (χ4n) is 2.87. The minimum absolute atomic E-state index is 0.720. The maximum absolute atomic E-state index is 5.21. The lowest BCUT2D eigenvalue weighted by Crippen LogP contribution is -2.11. The molecule has 1 saturated carbocycles. The molecule has 0 radical (unpaired) electrons. The van der Waals surface area contributed by atoms with Crippen molar-refractivity contribution >= 4 is 0 Å². The van der Waals surface area contributed by atoms with Crippen LogP contribution in [0.15, 0.2) is 36.4 Å². The van der Waals surface area contributed by atoms with Gasteiger partial charge in [0.2, 0.25) is 0 Å². The van der Waals surface area contributed by atoms with Crippen molar-refractivity contribution in [2.45, 2.75) is 31.6 Å². The van der Waals surface area contributed by atoms with Crippen LogP contribution in [0, 0.1) is 5.92 Å². The van der Waals surface area contributed by atoms with Crippen molar-refractivity contribution in [1.82, 2.24) is 0 Å². The van der Waals surface area contributed by atoms with Gasteiger partial charge in [0.05, 0.1) is 13.7 Å². The Labute approximate surface area is 116 Å². The molecule has 1 aliphatic rings. The van der Waals surface area contributed by atoms with Crippen molar-refractivity contribution in [2.24, 2.45) is 5.92 Å². The van der Waals surface area contributed by atoms with Crippen LogP contribution in [-0.4, -0.2) is 20.8 Å². The van der Waals surface area contributed by atoms with Crippen molar-refractivity contribution in [2.75, 3.05) is 20.8 Å². The van der Waals surface area contributed by atoms with E-state index in [-0.39, 0.29) is 0 Å². The third-order valence-electron chi connectivity index (χ3n) is 4.03. The second-order valence-electron chi connectivity index (χ2n) is 5.27. The van der Waals surface area contributed by atoms with Gasteiger partial charge in [-0.3, -0.25) is 0 Å². The average molecular weight is 260 g/mol. The van der Waals surface area contributed by atoms with E-state index in [1.165, 1.54) is 31.2 Å². The number of hydrogen-bond acceptors (Lipinski definition) is 2. The molecule has 1 aromatic carbocycles. The molecule has 1 aromatic rings. The first kappa shape index (κ1) is 14.1.